The van der Waals surface area contributed by atoms with E-state index in [2.05, 4.69) is 9.62 Å². The maximum absolute atomic E-state index is 13.3. The van der Waals surface area contributed by atoms with Crippen molar-refractivity contribution in [3.63, 3.8) is 0 Å². The lowest BCUT2D eigenvalue weighted by molar-refractivity contribution is 0.00887. The fourth-order valence-electron chi connectivity index (χ4n) is 6.38. The summed E-state index contributed by atoms with van der Waals surface area (Å²) in [5, 5.41) is 11.1. The lowest BCUT2D eigenvalue weighted by atomic mass is 9.69. The second kappa shape index (κ2) is 12.3. The summed E-state index contributed by atoms with van der Waals surface area (Å²) in [5.74, 6) is 0.467. The van der Waals surface area contributed by atoms with Crippen LogP contribution >= 0.6 is 11.6 Å². The van der Waals surface area contributed by atoms with Gasteiger partial charge < -0.3 is 14.7 Å². The molecule has 1 amide bonds. The summed E-state index contributed by atoms with van der Waals surface area (Å²) < 4.78 is 34.9. The van der Waals surface area contributed by atoms with E-state index in [0.717, 1.165) is 62.9 Å². The van der Waals surface area contributed by atoms with E-state index in [4.69, 9.17) is 16.3 Å². The second-order valence-corrected chi connectivity index (χ2v) is 14.4. The predicted molar refractivity (Wildman–Crippen MR) is 158 cm³/mol. The lowest BCUT2D eigenvalue weighted by Gasteiger charge is -2.43. The van der Waals surface area contributed by atoms with Crippen LogP contribution in [0.25, 0.3) is 0 Å². The number of carbonyl (C=O) groups is 1. The van der Waals surface area contributed by atoms with Crippen LogP contribution < -0.4 is 14.4 Å². The van der Waals surface area contributed by atoms with Gasteiger partial charge in [-0.05, 0) is 111 Å². The van der Waals surface area contributed by atoms with Crippen LogP contribution in [0.15, 0.2) is 36.4 Å². The average Bonchev–Trinajstić information content (AvgIpc) is 2.92. The van der Waals surface area contributed by atoms with Gasteiger partial charge in [0.1, 0.15) is 12.4 Å². The van der Waals surface area contributed by atoms with E-state index in [1.165, 1.54) is 5.56 Å². The zero-order valence-electron chi connectivity index (χ0n) is 23.4. The van der Waals surface area contributed by atoms with Crippen molar-refractivity contribution in [3.05, 3.63) is 58.1 Å². The van der Waals surface area contributed by atoms with Gasteiger partial charge in [0.25, 0.3) is 5.91 Å². The summed E-state index contributed by atoms with van der Waals surface area (Å²) in [4.78, 5) is 15.5. The number of ether oxygens (including phenoxy) is 1. The van der Waals surface area contributed by atoms with E-state index in [1.807, 2.05) is 25.1 Å². The highest BCUT2D eigenvalue weighted by molar-refractivity contribution is 7.90. The number of aliphatic hydroxyl groups excluding tert-OH is 1. The predicted octanol–water partition coefficient (Wildman–Crippen LogP) is 5.72. The SMILES string of the molecule is C[C@@H]1[C@@H](C)CCCC(O)[C@@H]2CC[C@H]2CN2CCCCc3cc(Cl)ccc3COc3ccc(cc32)C(=O)NS1(=O)=O. The van der Waals surface area contributed by atoms with Crippen LogP contribution in [0, 0.1) is 17.8 Å². The molecule has 2 aromatic rings. The van der Waals surface area contributed by atoms with Gasteiger partial charge in [0, 0.05) is 23.7 Å². The van der Waals surface area contributed by atoms with E-state index >= 15 is 0 Å². The van der Waals surface area contributed by atoms with Crippen LogP contribution in [0.4, 0.5) is 5.69 Å². The van der Waals surface area contributed by atoms with Gasteiger partial charge in [-0.15, -0.1) is 0 Å². The summed E-state index contributed by atoms with van der Waals surface area (Å²) in [5.41, 5.74) is 3.34. The average molecular weight is 589 g/mol. The minimum atomic E-state index is -3.88. The molecule has 2 N–H and O–H groups in total. The van der Waals surface area contributed by atoms with Gasteiger partial charge in [-0.2, -0.15) is 0 Å². The molecule has 5 rings (SSSR count). The van der Waals surface area contributed by atoms with E-state index in [1.54, 1.807) is 25.1 Å². The maximum atomic E-state index is 13.3. The Bertz CT molecular complexity index is 1330. The van der Waals surface area contributed by atoms with E-state index in [-0.39, 0.29) is 17.4 Å². The third kappa shape index (κ3) is 6.44. The highest BCUT2D eigenvalue weighted by Crippen LogP contribution is 2.41. The zero-order valence-corrected chi connectivity index (χ0v) is 25.0. The Hall–Kier alpha value is -2.29. The van der Waals surface area contributed by atoms with Crippen LogP contribution in [0.1, 0.15) is 80.3 Å². The number of carbonyl (C=O) groups excluding carboxylic acids is 1. The van der Waals surface area contributed by atoms with Gasteiger partial charge >= 0.3 is 0 Å². The van der Waals surface area contributed by atoms with Crippen molar-refractivity contribution >= 4 is 33.2 Å². The van der Waals surface area contributed by atoms with Crippen molar-refractivity contribution in [2.75, 3.05) is 18.0 Å². The number of anilines is 1. The number of rotatable bonds is 0. The fraction of sp³-hybridized carbons (Fsp3) is 0.581. The molecule has 0 aromatic heterocycles. The summed E-state index contributed by atoms with van der Waals surface area (Å²) in [7, 11) is -3.88. The minimum Gasteiger partial charge on any atom is -0.487 e. The van der Waals surface area contributed by atoms with Crippen LogP contribution in [-0.4, -0.2) is 43.9 Å². The molecule has 40 heavy (non-hydrogen) atoms. The normalized spacial score (nSPS) is 29.4. The van der Waals surface area contributed by atoms with Crippen molar-refractivity contribution in [3.8, 4) is 5.75 Å². The Balaban J connectivity index is 1.52. The van der Waals surface area contributed by atoms with Gasteiger partial charge in [0.2, 0.25) is 10.0 Å². The van der Waals surface area contributed by atoms with Crippen molar-refractivity contribution in [2.45, 2.75) is 83.2 Å². The van der Waals surface area contributed by atoms with Gasteiger partial charge in [0.15, 0.2) is 0 Å². The van der Waals surface area contributed by atoms with Crippen LogP contribution in [0.5, 0.6) is 5.75 Å². The zero-order chi connectivity index (χ0) is 28.4. The van der Waals surface area contributed by atoms with E-state index < -0.39 is 27.3 Å². The van der Waals surface area contributed by atoms with Crippen molar-refractivity contribution in [1.29, 1.82) is 0 Å². The van der Waals surface area contributed by atoms with Gasteiger partial charge in [-0.1, -0.05) is 31.0 Å². The largest absolute Gasteiger partial charge is 0.487 e. The Morgan fingerprint density at radius 1 is 1.00 bits per heavy atom. The Morgan fingerprint density at radius 3 is 2.60 bits per heavy atom. The standard InChI is InChI=1S/C31H41ClN2O5S/c1-20-6-5-8-29(35)27-13-10-24(27)18-34-15-4-3-7-22-16-26(32)12-9-25(22)19-39-30-14-11-23(17-28(30)34)31(36)33-40(37,38)21(20)2/h9,11-12,14,16-17,20-21,24,27,29,35H,3-8,10,13,15,18-19H2,1-2H3,(H,33,36)/t20-,21+,24-,27+,29?/m0/s1. The number of halogens is 1. The van der Waals surface area contributed by atoms with E-state index in [9.17, 15) is 18.3 Å². The van der Waals surface area contributed by atoms with Gasteiger partial charge in [-0.3, -0.25) is 4.79 Å². The summed E-state index contributed by atoms with van der Waals surface area (Å²) in [6.45, 7) is 5.44. The quantitative estimate of drug-likeness (QED) is 0.409. The summed E-state index contributed by atoms with van der Waals surface area (Å²) in [6, 6.07) is 11.1. The molecule has 1 saturated carbocycles. The van der Waals surface area contributed by atoms with E-state index in [0.29, 0.717) is 36.1 Å². The molecule has 2 aromatic carbocycles. The number of nitrogens with zero attached hydrogens (tertiary/aromatic N) is 1. The Labute approximate surface area is 243 Å². The number of hydrogen-bond donors (Lipinski definition) is 2. The maximum Gasteiger partial charge on any atom is 0.264 e. The smallest absolute Gasteiger partial charge is 0.264 e. The molecule has 0 saturated heterocycles. The lowest BCUT2D eigenvalue weighted by Crippen LogP contribution is -2.44. The molecule has 2 heterocycles. The highest BCUT2D eigenvalue weighted by Gasteiger charge is 2.38. The first-order valence-electron chi connectivity index (χ1n) is 14.7. The minimum absolute atomic E-state index is 0.142. The monoisotopic (exact) mass is 588 g/mol. The fourth-order valence-corrected chi connectivity index (χ4v) is 7.88. The van der Waals surface area contributed by atoms with Crippen LogP contribution in [0.3, 0.4) is 0 Å². The third-order valence-corrected chi connectivity index (χ3v) is 11.5. The first-order chi connectivity index (χ1) is 19.1. The van der Waals surface area contributed by atoms with Crippen molar-refractivity contribution < 1.29 is 23.1 Å². The Morgan fingerprint density at radius 2 is 1.82 bits per heavy atom. The number of amides is 1. The summed E-state index contributed by atoms with van der Waals surface area (Å²) in [6.07, 6.45) is 6.58. The molecule has 1 unspecified atom stereocenters. The number of aryl methyl sites for hydroxylation is 1. The van der Waals surface area contributed by atoms with Gasteiger partial charge in [-0.25, -0.2) is 13.1 Å². The number of nitrogens with one attached hydrogen (secondary N) is 1. The number of hydrogen-bond acceptors (Lipinski definition) is 6. The highest BCUT2D eigenvalue weighted by atomic mass is 35.5. The van der Waals surface area contributed by atoms with Crippen LogP contribution in [-0.2, 0) is 23.1 Å². The Kier molecular flexibility index (Phi) is 8.98. The number of benzene rings is 2. The molecule has 3 aliphatic rings. The molecule has 0 radical (unpaired) electrons. The molecular formula is C31H41ClN2O5S. The molecule has 5 atom stereocenters. The first kappa shape index (κ1) is 29.2. The first-order valence-corrected chi connectivity index (χ1v) is 16.6. The molecule has 0 spiro atoms. The number of sulfonamides is 1. The van der Waals surface area contributed by atoms with Crippen molar-refractivity contribution in [2.24, 2.45) is 17.8 Å². The molecule has 1 aliphatic carbocycles. The molecule has 218 valence electrons. The topological polar surface area (TPSA) is 95.9 Å². The van der Waals surface area contributed by atoms with Crippen LogP contribution in [0.2, 0.25) is 5.02 Å². The summed E-state index contributed by atoms with van der Waals surface area (Å²) >= 11 is 6.30. The number of fused-ring (bicyclic) bond motifs is 3. The third-order valence-electron chi connectivity index (χ3n) is 9.35. The molecular weight excluding hydrogens is 548 g/mol. The molecule has 2 bridgehead atoms. The van der Waals surface area contributed by atoms with Gasteiger partial charge in [0.05, 0.1) is 17.0 Å². The second-order valence-electron chi connectivity index (χ2n) is 11.9. The molecule has 7 nitrogen and oxygen atoms in total. The molecule has 9 heteroatoms. The molecule has 1 fully saturated rings. The number of aliphatic hydroxyl groups is 1. The van der Waals surface area contributed by atoms with Crippen molar-refractivity contribution in [1.82, 2.24) is 4.72 Å². The molecule has 2 aliphatic heterocycles.